The van der Waals surface area contributed by atoms with E-state index >= 15 is 0 Å². The van der Waals surface area contributed by atoms with Crippen LogP contribution in [0.2, 0.25) is 0 Å². The molecule has 0 spiro atoms. The van der Waals surface area contributed by atoms with Gasteiger partial charge in [0.25, 0.3) is 0 Å². The van der Waals surface area contributed by atoms with Crippen LogP contribution in [-0.2, 0) is 11.2 Å². The van der Waals surface area contributed by atoms with Crippen molar-refractivity contribution in [2.75, 3.05) is 44.2 Å². The van der Waals surface area contributed by atoms with Gasteiger partial charge in [0.2, 0.25) is 5.82 Å². The number of hydrogen-bond donors (Lipinski definition) is 0. The van der Waals surface area contributed by atoms with Crippen LogP contribution in [0, 0.1) is 0 Å². The van der Waals surface area contributed by atoms with Crippen LogP contribution in [0.5, 0.6) is 0 Å². The number of aromatic nitrogens is 3. The fourth-order valence-corrected chi connectivity index (χ4v) is 2.86. The molecule has 1 fully saturated rings. The van der Waals surface area contributed by atoms with E-state index in [0.717, 1.165) is 45.0 Å². The van der Waals surface area contributed by atoms with Crippen LogP contribution in [0.4, 0.5) is 5.82 Å². The summed E-state index contributed by atoms with van der Waals surface area (Å²) in [5.74, 6) is 0.437. The lowest BCUT2D eigenvalue weighted by Crippen LogP contribution is -2.47. The number of carbonyl (C=O) groups is 1. The van der Waals surface area contributed by atoms with Gasteiger partial charge in [-0.3, -0.25) is 9.88 Å². The second kappa shape index (κ2) is 8.53. The van der Waals surface area contributed by atoms with Crippen molar-refractivity contribution < 1.29 is 9.53 Å². The van der Waals surface area contributed by atoms with Gasteiger partial charge >= 0.3 is 5.97 Å². The molecule has 2 aromatic heterocycles. The number of ether oxygens (including phenoxy) is 1. The Morgan fingerprint density at radius 2 is 1.88 bits per heavy atom. The fraction of sp³-hybridized carbons (Fsp3) is 0.444. The minimum Gasteiger partial charge on any atom is -0.460 e. The van der Waals surface area contributed by atoms with Crippen LogP contribution in [-0.4, -0.2) is 65.2 Å². The molecule has 25 heavy (non-hydrogen) atoms. The monoisotopic (exact) mass is 341 g/mol. The van der Waals surface area contributed by atoms with Crippen molar-refractivity contribution in [3.63, 3.8) is 0 Å². The molecule has 132 valence electrons. The van der Waals surface area contributed by atoms with Gasteiger partial charge < -0.3 is 9.64 Å². The molecule has 2 aromatic rings. The van der Waals surface area contributed by atoms with E-state index < -0.39 is 5.97 Å². The van der Waals surface area contributed by atoms with Crippen molar-refractivity contribution in [1.29, 1.82) is 0 Å². The van der Waals surface area contributed by atoms with Gasteiger partial charge in [-0.1, -0.05) is 0 Å². The third kappa shape index (κ3) is 4.73. The zero-order valence-electron chi connectivity index (χ0n) is 14.5. The molecule has 1 aliphatic heterocycles. The summed E-state index contributed by atoms with van der Waals surface area (Å²) in [5.41, 5.74) is 1.31. The van der Waals surface area contributed by atoms with Crippen molar-refractivity contribution in [3.8, 4) is 0 Å². The first-order chi connectivity index (χ1) is 12.3. The Bertz CT molecular complexity index is 687. The van der Waals surface area contributed by atoms with Gasteiger partial charge in [-0.25, -0.2) is 14.8 Å². The normalized spacial score (nSPS) is 15.2. The number of esters is 1. The summed E-state index contributed by atoms with van der Waals surface area (Å²) in [4.78, 5) is 28.8. The van der Waals surface area contributed by atoms with E-state index in [2.05, 4.69) is 36.9 Å². The van der Waals surface area contributed by atoms with Gasteiger partial charge in [-0.2, -0.15) is 0 Å². The zero-order chi connectivity index (χ0) is 17.5. The SMILES string of the molecule is CCOC(=O)c1nccc(N2CCN(CCc3ccncc3)CC2)n1. The smallest absolute Gasteiger partial charge is 0.376 e. The van der Waals surface area contributed by atoms with Crippen molar-refractivity contribution in [2.24, 2.45) is 0 Å². The van der Waals surface area contributed by atoms with E-state index in [1.165, 1.54) is 5.56 Å². The van der Waals surface area contributed by atoms with Crippen LogP contribution in [0.3, 0.4) is 0 Å². The first-order valence-corrected chi connectivity index (χ1v) is 8.62. The molecule has 0 aromatic carbocycles. The molecular weight excluding hydrogens is 318 g/mol. The topological polar surface area (TPSA) is 71.5 Å². The molecule has 0 saturated carbocycles. The predicted molar refractivity (Wildman–Crippen MR) is 94.6 cm³/mol. The Balaban J connectivity index is 1.52. The summed E-state index contributed by atoms with van der Waals surface area (Å²) in [6.45, 7) is 6.85. The van der Waals surface area contributed by atoms with E-state index in [4.69, 9.17) is 4.74 Å². The number of hydrogen-bond acceptors (Lipinski definition) is 7. The minimum atomic E-state index is -0.472. The molecule has 1 aliphatic rings. The van der Waals surface area contributed by atoms with E-state index in [1.807, 2.05) is 18.5 Å². The lowest BCUT2D eigenvalue weighted by Gasteiger charge is -2.35. The molecule has 7 heteroatoms. The largest absolute Gasteiger partial charge is 0.460 e. The maximum absolute atomic E-state index is 11.8. The lowest BCUT2D eigenvalue weighted by molar-refractivity contribution is 0.0512. The van der Waals surface area contributed by atoms with Crippen LogP contribution < -0.4 is 4.90 Å². The predicted octanol–water partition coefficient (Wildman–Crippen LogP) is 1.41. The molecule has 3 heterocycles. The van der Waals surface area contributed by atoms with Crippen LogP contribution in [0.25, 0.3) is 0 Å². The second-order valence-corrected chi connectivity index (χ2v) is 5.89. The van der Waals surface area contributed by atoms with Gasteiger partial charge in [-0.15, -0.1) is 0 Å². The average molecular weight is 341 g/mol. The highest BCUT2D eigenvalue weighted by Gasteiger charge is 2.19. The van der Waals surface area contributed by atoms with E-state index in [9.17, 15) is 4.79 Å². The third-order valence-corrected chi connectivity index (χ3v) is 4.26. The number of piperazine rings is 1. The molecule has 0 unspecified atom stereocenters. The Kier molecular flexibility index (Phi) is 5.90. The summed E-state index contributed by atoms with van der Waals surface area (Å²) in [6, 6.07) is 5.97. The van der Waals surface area contributed by atoms with Gasteiger partial charge in [0.05, 0.1) is 6.61 Å². The van der Waals surface area contributed by atoms with E-state index in [-0.39, 0.29) is 5.82 Å². The summed E-state index contributed by atoms with van der Waals surface area (Å²) >= 11 is 0. The molecule has 7 nitrogen and oxygen atoms in total. The minimum absolute atomic E-state index is 0.125. The number of carbonyl (C=O) groups excluding carboxylic acids is 1. The summed E-state index contributed by atoms with van der Waals surface area (Å²) in [5, 5.41) is 0. The summed E-state index contributed by atoms with van der Waals surface area (Å²) in [6.07, 6.45) is 6.32. The fourth-order valence-electron chi connectivity index (χ4n) is 2.86. The maximum atomic E-state index is 11.8. The van der Waals surface area contributed by atoms with Crippen molar-refractivity contribution >= 4 is 11.8 Å². The molecule has 0 aliphatic carbocycles. The third-order valence-electron chi connectivity index (χ3n) is 4.26. The number of rotatable bonds is 6. The van der Waals surface area contributed by atoms with Gasteiger partial charge in [0.15, 0.2) is 0 Å². The highest BCUT2D eigenvalue weighted by atomic mass is 16.5. The van der Waals surface area contributed by atoms with Crippen LogP contribution >= 0.6 is 0 Å². The Labute approximate surface area is 147 Å². The molecule has 0 atom stereocenters. The molecule has 0 bridgehead atoms. The quantitative estimate of drug-likeness (QED) is 0.736. The molecule has 0 radical (unpaired) electrons. The Morgan fingerprint density at radius 3 is 2.60 bits per heavy atom. The molecule has 0 N–H and O–H groups in total. The summed E-state index contributed by atoms with van der Waals surface area (Å²) in [7, 11) is 0. The molecular formula is C18H23N5O2. The summed E-state index contributed by atoms with van der Waals surface area (Å²) < 4.78 is 4.97. The van der Waals surface area contributed by atoms with Gasteiger partial charge in [-0.05, 0) is 37.1 Å². The Morgan fingerprint density at radius 1 is 1.12 bits per heavy atom. The standard InChI is InChI=1S/C18H23N5O2/c1-2-25-18(24)17-20-9-5-16(21-17)23-13-11-22(12-14-23)10-6-15-3-7-19-8-4-15/h3-5,7-9H,2,6,10-14H2,1H3. The molecule has 0 amide bonds. The van der Waals surface area contributed by atoms with Crippen LogP contribution in [0.15, 0.2) is 36.8 Å². The van der Waals surface area contributed by atoms with Crippen molar-refractivity contribution in [1.82, 2.24) is 19.9 Å². The zero-order valence-corrected chi connectivity index (χ0v) is 14.5. The van der Waals surface area contributed by atoms with Gasteiger partial charge in [0.1, 0.15) is 5.82 Å². The number of anilines is 1. The lowest BCUT2D eigenvalue weighted by atomic mass is 10.2. The van der Waals surface area contributed by atoms with E-state index in [0.29, 0.717) is 6.61 Å². The first kappa shape index (κ1) is 17.3. The van der Waals surface area contributed by atoms with E-state index in [1.54, 1.807) is 13.1 Å². The highest BCUT2D eigenvalue weighted by Crippen LogP contribution is 2.14. The maximum Gasteiger partial charge on any atom is 0.376 e. The number of pyridine rings is 1. The van der Waals surface area contributed by atoms with Gasteiger partial charge in [0, 0.05) is 51.3 Å². The van der Waals surface area contributed by atoms with Crippen LogP contribution in [0.1, 0.15) is 23.1 Å². The van der Waals surface area contributed by atoms with Crippen molar-refractivity contribution in [2.45, 2.75) is 13.3 Å². The first-order valence-electron chi connectivity index (χ1n) is 8.62. The average Bonchev–Trinajstić information content (AvgIpc) is 2.68. The molecule has 3 rings (SSSR count). The Hall–Kier alpha value is -2.54. The highest BCUT2D eigenvalue weighted by molar-refractivity contribution is 5.85. The molecule has 1 saturated heterocycles. The van der Waals surface area contributed by atoms with Crippen molar-refractivity contribution in [3.05, 3.63) is 48.2 Å². The second-order valence-electron chi connectivity index (χ2n) is 5.89. The number of nitrogens with zero attached hydrogens (tertiary/aromatic N) is 5.